The lowest BCUT2D eigenvalue weighted by molar-refractivity contribution is -0.996. The number of carbonyl (C=O) groups excluding carboxylic acids is 1. The number of amides is 1. The topological polar surface area (TPSA) is 125 Å². The van der Waals surface area contributed by atoms with E-state index in [2.05, 4.69) is 5.32 Å². The molecule has 1 amide bonds. The van der Waals surface area contributed by atoms with E-state index in [9.17, 15) is 25.6 Å². The van der Waals surface area contributed by atoms with E-state index in [1.807, 2.05) is 0 Å². The largest absolute Gasteiger partial charge is 0.595 e. The van der Waals surface area contributed by atoms with E-state index in [4.69, 9.17) is 0 Å². The Balaban J connectivity index is 2.27. The van der Waals surface area contributed by atoms with Crippen LogP contribution >= 0.6 is 0 Å². The monoisotopic (exact) mass is 311 g/mol. The molecular formula is C14H21N3O5. The van der Waals surface area contributed by atoms with Gasteiger partial charge in [0.2, 0.25) is 0 Å². The summed E-state index contributed by atoms with van der Waals surface area (Å²) in [6.07, 6.45) is 5.06. The lowest BCUT2D eigenvalue weighted by Crippen LogP contribution is -3.01. The average molecular weight is 311 g/mol. The predicted octanol–water partition coefficient (Wildman–Crippen LogP) is -0.136. The maximum atomic E-state index is 12.3. The third-order valence-electron chi connectivity index (χ3n) is 4.07. The van der Waals surface area contributed by atoms with Crippen LogP contribution in [0.25, 0.3) is 0 Å². The second-order valence-electron chi connectivity index (χ2n) is 5.62. The van der Waals surface area contributed by atoms with Crippen molar-refractivity contribution in [3.05, 3.63) is 33.7 Å². The molecule has 0 spiro atoms. The molecule has 1 saturated carbocycles. The van der Waals surface area contributed by atoms with E-state index < -0.39 is 16.4 Å². The maximum absolute atomic E-state index is 12.3. The third-order valence-corrected chi connectivity index (χ3v) is 4.07. The molecule has 1 fully saturated rings. The summed E-state index contributed by atoms with van der Waals surface area (Å²) in [5.41, 5.74) is -0.0948. The zero-order chi connectivity index (χ0) is 16.3. The zero-order valence-electron chi connectivity index (χ0n) is 12.4. The van der Waals surface area contributed by atoms with Crippen molar-refractivity contribution in [1.82, 2.24) is 5.32 Å². The van der Waals surface area contributed by atoms with Gasteiger partial charge in [0.15, 0.2) is 11.4 Å². The molecule has 1 aromatic carbocycles. The van der Waals surface area contributed by atoms with Crippen LogP contribution in [0.4, 0.5) is 11.4 Å². The summed E-state index contributed by atoms with van der Waals surface area (Å²) in [7, 11) is 0. The van der Waals surface area contributed by atoms with E-state index in [0.29, 0.717) is 0 Å². The summed E-state index contributed by atoms with van der Waals surface area (Å²) in [5.74, 6) is -0.420. The minimum Gasteiger partial charge on any atom is -0.595 e. The Kier molecular flexibility index (Phi) is 5.46. The van der Waals surface area contributed by atoms with E-state index in [1.54, 1.807) is 0 Å². The van der Waals surface area contributed by atoms with Gasteiger partial charge in [-0.2, -0.15) is 10.5 Å². The quantitative estimate of drug-likeness (QED) is 0.495. The molecule has 0 aromatic heterocycles. The Labute approximate surface area is 128 Å². The number of hydrogen-bond donors (Lipinski definition) is 5. The van der Waals surface area contributed by atoms with Crippen molar-refractivity contribution in [1.29, 1.82) is 0 Å². The summed E-state index contributed by atoms with van der Waals surface area (Å²) >= 11 is 0. The lowest BCUT2D eigenvalue weighted by atomic mass is 9.95. The van der Waals surface area contributed by atoms with Crippen LogP contribution in [-0.2, 0) is 0 Å². The van der Waals surface area contributed by atoms with Crippen molar-refractivity contribution in [3.8, 4) is 0 Å². The first kappa shape index (κ1) is 16.8. The van der Waals surface area contributed by atoms with Gasteiger partial charge in [-0.3, -0.25) is 4.79 Å². The summed E-state index contributed by atoms with van der Waals surface area (Å²) < 4.78 is 0. The van der Waals surface area contributed by atoms with Crippen molar-refractivity contribution in [3.63, 3.8) is 0 Å². The van der Waals surface area contributed by atoms with Gasteiger partial charge in [-0.15, -0.1) is 0 Å². The SMILES string of the molecule is Cc1c([NH+]([O-])O)cc(C(=O)NC2CCCCC2)cc1[NH+]([O-])O. The molecule has 0 aliphatic heterocycles. The minimum absolute atomic E-state index is 0.0732. The molecule has 1 aromatic rings. The van der Waals surface area contributed by atoms with Gasteiger partial charge in [-0.25, -0.2) is 10.4 Å². The van der Waals surface area contributed by atoms with Crippen LogP contribution in [0.3, 0.4) is 0 Å². The van der Waals surface area contributed by atoms with E-state index in [-0.39, 0.29) is 28.5 Å². The highest BCUT2D eigenvalue weighted by Crippen LogP contribution is 2.22. The van der Waals surface area contributed by atoms with Crippen LogP contribution < -0.4 is 15.8 Å². The zero-order valence-corrected chi connectivity index (χ0v) is 12.4. The molecule has 8 heteroatoms. The van der Waals surface area contributed by atoms with Gasteiger partial charge in [0.1, 0.15) is 0 Å². The molecule has 0 bridgehead atoms. The van der Waals surface area contributed by atoms with Gasteiger partial charge in [0.05, 0.1) is 11.1 Å². The Morgan fingerprint density at radius 3 is 2.09 bits per heavy atom. The molecule has 2 rings (SSSR count). The van der Waals surface area contributed by atoms with E-state index >= 15 is 0 Å². The first-order chi connectivity index (χ1) is 10.4. The molecule has 0 heterocycles. The molecule has 2 unspecified atom stereocenters. The van der Waals surface area contributed by atoms with Crippen molar-refractivity contribution >= 4 is 17.3 Å². The van der Waals surface area contributed by atoms with Gasteiger partial charge >= 0.3 is 0 Å². The fraction of sp³-hybridized carbons (Fsp3) is 0.500. The highest BCUT2D eigenvalue weighted by Gasteiger charge is 2.22. The summed E-state index contributed by atoms with van der Waals surface area (Å²) in [6.45, 7) is 1.43. The molecular weight excluding hydrogens is 290 g/mol. The van der Waals surface area contributed by atoms with Crippen molar-refractivity contribution in [2.75, 3.05) is 0 Å². The number of carbonyl (C=O) groups is 1. The molecule has 1 aliphatic rings. The second-order valence-corrected chi connectivity index (χ2v) is 5.62. The second kappa shape index (κ2) is 7.14. The van der Waals surface area contributed by atoms with Crippen LogP contribution in [0.15, 0.2) is 12.1 Å². The van der Waals surface area contributed by atoms with Crippen LogP contribution in [0.5, 0.6) is 0 Å². The van der Waals surface area contributed by atoms with Crippen molar-refractivity contribution < 1.29 is 25.7 Å². The number of rotatable bonds is 4. The highest BCUT2D eigenvalue weighted by molar-refractivity contribution is 5.96. The number of hydrogen-bond acceptors (Lipinski definition) is 5. The molecule has 5 N–H and O–H groups in total. The smallest absolute Gasteiger partial charge is 0.251 e. The standard InChI is InChI=1S/C14H21N3O5/c1-9-12(16(19)20)7-10(8-13(9)17(21)22)14(18)15-11-5-3-2-4-6-11/h7-8,11,16-17,19,21H,2-6H2,1H3,(H,15,18). The van der Waals surface area contributed by atoms with Crippen molar-refractivity contribution in [2.45, 2.75) is 45.1 Å². The fourth-order valence-corrected chi connectivity index (χ4v) is 2.81. The number of quaternary nitrogens is 2. The Morgan fingerprint density at radius 1 is 1.14 bits per heavy atom. The van der Waals surface area contributed by atoms with Gasteiger partial charge in [0.25, 0.3) is 5.91 Å². The summed E-state index contributed by atoms with van der Waals surface area (Å²) in [5, 5.41) is 41.2. The van der Waals surface area contributed by atoms with Crippen LogP contribution in [0.2, 0.25) is 0 Å². The molecule has 22 heavy (non-hydrogen) atoms. The van der Waals surface area contributed by atoms with Crippen LogP contribution in [0.1, 0.15) is 48.0 Å². The predicted molar refractivity (Wildman–Crippen MR) is 77.1 cm³/mol. The minimum atomic E-state index is -1.24. The molecule has 122 valence electrons. The first-order valence-electron chi connectivity index (χ1n) is 7.32. The Morgan fingerprint density at radius 2 is 1.64 bits per heavy atom. The molecule has 0 saturated heterocycles. The van der Waals surface area contributed by atoms with Crippen molar-refractivity contribution in [2.24, 2.45) is 0 Å². The molecule has 0 radical (unpaired) electrons. The summed E-state index contributed by atoms with van der Waals surface area (Å²) in [6, 6.07) is 2.55. The molecule has 1 aliphatic carbocycles. The maximum Gasteiger partial charge on any atom is 0.251 e. The number of benzene rings is 1. The first-order valence-corrected chi connectivity index (χ1v) is 7.32. The van der Waals surface area contributed by atoms with Crippen LogP contribution in [0, 0.1) is 17.3 Å². The normalized spacial score (nSPS) is 18.8. The molecule has 8 nitrogen and oxygen atoms in total. The third kappa shape index (κ3) is 3.80. The van der Waals surface area contributed by atoms with Gasteiger partial charge < -0.3 is 15.7 Å². The fourth-order valence-electron chi connectivity index (χ4n) is 2.81. The lowest BCUT2D eigenvalue weighted by Gasteiger charge is -2.24. The summed E-state index contributed by atoms with van der Waals surface area (Å²) in [4.78, 5) is 12.3. The van der Waals surface area contributed by atoms with Gasteiger partial charge in [0, 0.05) is 18.2 Å². The van der Waals surface area contributed by atoms with E-state index in [0.717, 1.165) is 32.1 Å². The Hall–Kier alpha value is -1.55. The highest BCUT2D eigenvalue weighted by atomic mass is 16.8. The van der Waals surface area contributed by atoms with E-state index in [1.165, 1.54) is 19.1 Å². The Bertz CT molecular complexity index is 512. The molecule has 2 atom stereocenters. The van der Waals surface area contributed by atoms with Gasteiger partial charge in [-0.1, -0.05) is 19.3 Å². The van der Waals surface area contributed by atoms with Crippen LogP contribution in [-0.4, -0.2) is 22.4 Å². The average Bonchev–Trinajstić information content (AvgIpc) is 2.47. The van der Waals surface area contributed by atoms with Gasteiger partial charge in [-0.05, 0) is 19.8 Å². The number of nitrogens with one attached hydrogen (secondary N) is 3.